The van der Waals surface area contributed by atoms with Crippen LogP contribution in [0.1, 0.15) is 53.5 Å². The number of fused-ring (bicyclic) bond motifs is 1. The van der Waals surface area contributed by atoms with Gasteiger partial charge in [0.15, 0.2) is 11.5 Å². The van der Waals surface area contributed by atoms with E-state index in [-0.39, 0.29) is 23.6 Å². The Morgan fingerprint density at radius 1 is 1.21 bits per heavy atom. The second kappa shape index (κ2) is 8.28. The quantitative estimate of drug-likeness (QED) is 0.822. The predicted octanol–water partition coefficient (Wildman–Crippen LogP) is 1.09. The molecule has 0 unspecified atom stereocenters. The number of amides is 1. The van der Waals surface area contributed by atoms with Gasteiger partial charge in [0.05, 0.1) is 24.9 Å². The molecule has 1 aliphatic carbocycles. The van der Waals surface area contributed by atoms with Gasteiger partial charge in [-0.05, 0) is 37.8 Å². The monoisotopic (exact) mass is 398 g/mol. The lowest BCUT2D eigenvalue weighted by molar-refractivity contribution is 0.0914. The molecular formula is C20H26N6O3. The fraction of sp³-hybridized carbons (Fsp3) is 0.550. The van der Waals surface area contributed by atoms with E-state index in [0.29, 0.717) is 24.7 Å². The third-order valence-corrected chi connectivity index (χ3v) is 5.58. The van der Waals surface area contributed by atoms with Crippen LogP contribution in [0.5, 0.6) is 0 Å². The molecule has 0 aromatic carbocycles. The van der Waals surface area contributed by atoms with E-state index in [1.165, 1.54) is 0 Å². The highest BCUT2D eigenvalue weighted by molar-refractivity contribution is 5.92. The number of nitrogens with zero attached hydrogens (tertiary/aromatic N) is 5. The van der Waals surface area contributed by atoms with Gasteiger partial charge in [-0.25, -0.2) is 4.68 Å². The Kier molecular flexibility index (Phi) is 5.57. The largest absolute Gasteiger partial charge is 0.376 e. The minimum atomic E-state index is -0.213. The van der Waals surface area contributed by atoms with Crippen molar-refractivity contribution >= 4 is 11.7 Å². The third kappa shape index (κ3) is 4.29. The molecule has 154 valence electrons. The second-order valence-electron chi connectivity index (χ2n) is 7.85. The van der Waals surface area contributed by atoms with E-state index < -0.39 is 0 Å². The first-order valence-electron chi connectivity index (χ1n) is 10.0. The molecule has 0 atom stereocenters. The molecule has 0 saturated heterocycles. The average molecular weight is 398 g/mol. The van der Waals surface area contributed by atoms with E-state index in [2.05, 4.69) is 20.6 Å². The highest BCUT2D eigenvalue weighted by Gasteiger charge is 2.26. The average Bonchev–Trinajstić information content (AvgIpc) is 2.74. The third-order valence-electron chi connectivity index (χ3n) is 5.58. The highest BCUT2D eigenvalue weighted by Crippen LogP contribution is 2.27. The summed E-state index contributed by atoms with van der Waals surface area (Å²) in [5, 5.41) is 15.7. The molecule has 1 saturated carbocycles. The lowest BCUT2D eigenvalue weighted by atomic mass is 9.91. The first-order valence-corrected chi connectivity index (χ1v) is 10.0. The molecule has 2 aliphatic rings. The van der Waals surface area contributed by atoms with E-state index in [1.807, 2.05) is 19.0 Å². The number of rotatable bonds is 4. The van der Waals surface area contributed by atoms with E-state index in [1.54, 1.807) is 22.9 Å². The van der Waals surface area contributed by atoms with Crippen LogP contribution in [0.15, 0.2) is 23.0 Å². The molecule has 0 radical (unpaired) electrons. The molecule has 2 aromatic heterocycles. The minimum Gasteiger partial charge on any atom is -0.376 e. The fourth-order valence-electron chi connectivity index (χ4n) is 3.90. The van der Waals surface area contributed by atoms with Crippen LogP contribution in [0.2, 0.25) is 0 Å². The number of aromatic nitrogens is 4. The lowest BCUT2D eigenvalue weighted by Crippen LogP contribution is -2.40. The van der Waals surface area contributed by atoms with Crippen molar-refractivity contribution in [3.8, 4) is 0 Å². The Balaban J connectivity index is 1.36. The first kappa shape index (κ1) is 19.5. The van der Waals surface area contributed by atoms with Gasteiger partial charge in [0, 0.05) is 38.2 Å². The van der Waals surface area contributed by atoms with Crippen molar-refractivity contribution in [2.45, 2.75) is 50.8 Å². The molecule has 4 rings (SSSR count). The molecule has 0 bridgehead atoms. The molecular weight excluding hydrogens is 372 g/mol. The van der Waals surface area contributed by atoms with Gasteiger partial charge in [-0.2, -0.15) is 5.10 Å². The van der Waals surface area contributed by atoms with Crippen LogP contribution >= 0.6 is 0 Å². The molecule has 1 N–H and O–H groups in total. The van der Waals surface area contributed by atoms with Gasteiger partial charge in [-0.1, -0.05) is 0 Å². The van der Waals surface area contributed by atoms with E-state index in [4.69, 9.17) is 4.74 Å². The Morgan fingerprint density at radius 2 is 2.00 bits per heavy atom. The Bertz CT molecular complexity index is 932. The molecule has 1 aliphatic heterocycles. The number of nitrogens with one attached hydrogen (secondary N) is 1. The first-order chi connectivity index (χ1) is 14.0. The van der Waals surface area contributed by atoms with Crippen LogP contribution in [0.25, 0.3) is 0 Å². The molecule has 1 amide bonds. The summed E-state index contributed by atoms with van der Waals surface area (Å²) < 4.78 is 7.03. The predicted molar refractivity (Wildman–Crippen MR) is 107 cm³/mol. The summed E-state index contributed by atoms with van der Waals surface area (Å²) in [6, 6.07) is 5.26. The summed E-state index contributed by atoms with van der Waals surface area (Å²) in [7, 11) is 3.75. The summed E-state index contributed by atoms with van der Waals surface area (Å²) in [5.41, 5.74) is 2.11. The summed E-state index contributed by atoms with van der Waals surface area (Å²) in [6.07, 6.45) is 3.95. The maximum atomic E-state index is 12.5. The number of ether oxygens (including phenoxy) is 1. The van der Waals surface area contributed by atoms with E-state index >= 15 is 0 Å². The van der Waals surface area contributed by atoms with Crippen LogP contribution in [0.3, 0.4) is 0 Å². The lowest BCUT2D eigenvalue weighted by Gasteiger charge is -2.30. The Labute approximate surface area is 169 Å². The summed E-state index contributed by atoms with van der Waals surface area (Å²) >= 11 is 0. The van der Waals surface area contributed by atoms with Crippen molar-refractivity contribution in [2.75, 3.05) is 25.6 Å². The van der Waals surface area contributed by atoms with Crippen LogP contribution in [-0.4, -0.2) is 52.6 Å². The van der Waals surface area contributed by atoms with Gasteiger partial charge in [0.1, 0.15) is 0 Å². The SMILES string of the molecule is CN(C)c1ccc(C(=O)NC2CCC(n3nc4c(cc3=O)COCC4)CC2)nn1. The van der Waals surface area contributed by atoms with Gasteiger partial charge in [0.25, 0.3) is 11.5 Å². The van der Waals surface area contributed by atoms with Crippen molar-refractivity contribution in [2.24, 2.45) is 0 Å². The second-order valence-corrected chi connectivity index (χ2v) is 7.85. The summed E-state index contributed by atoms with van der Waals surface area (Å²) in [5.74, 6) is 0.493. The molecule has 9 heteroatoms. The Morgan fingerprint density at radius 3 is 2.69 bits per heavy atom. The number of carbonyl (C=O) groups excluding carboxylic acids is 1. The maximum absolute atomic E-state index is 12.5. The van der Waals surface area contributed by atoms with Crippen molar-refractivity contribution < 1.29 is 9.53 Å². The molecule has 2 aromatic rings. The van der Waals surface area contributed by atoms with Gasteiger partial charge >= 0.3 is 0 Å². The van der Waals surface area contributed by atoms with E-state index in [0.717, 1.165) is 43.4 Å². The zero-order chi connectivity index (χ0) is 20.4. The van der Waals surface area contributed by atoms with Crippen molar-refractivity contribution in [1.82, 2.24) is 25.3 Å². The summed E-state index contributed by atoms with van der Waals surface area (Å²) in [4.78, 5) is 26.8. The number of anilines is 1. The van der Waals surface area contributed by atoms with E-state index in [9.17, 15) is 9.59 Å². The molecule has 3 heterocycles. The standard InChI is InChI=1S/C20H26N6O3/c1-25(2)18-8-7-17(22-23-18)20(28)21-14-3-5-15(6-4-14)26-19(27)11-13-12-29-10-9-16(13)24-26/h7-8,11,14-15H,3-6,9-10,12H2,1-2H3,(H,21,28). The van der Waals surface area contributed by atoms with Crippen LogP contribution in [0, 0.1) is 0 Å². The maximum Gasteiger partial charge on any atom is 0.272 e. The van der Waals surface area contributed by atoms with Gasteiger partial charge in [0.2, 0.25) is 0 Å². The van der Waals surface area contributed by atoms with Crippen molar-refractivity contribution in [3.63, 3.8) is 0 Å². The summed E-state index contributed by atoms with van der Waals surface area (Å²) in [6.45, 7) is 1.12. The van der Waals surface area contributed by atoms with Gasteiger partial charge in [-0.15, -0.1) is 10.2 Å². The number of hydrogen-bond donors (Lipinski definition) is 1. The zero-order valence-corrected chi connectivity index (χ0v) is 16.8. The van der Waals surface area contributed by atoms with Crippen molar-refractivity contribution in [1.29, 1.82) is 0 Å². The van der Waals surface area contributed by atoms with Crippen LogP contribution < -0.4 is 15.8 Å². The molecule has 0 spiro atoms. The smallest absolute Gasteiger partial charge is 0.272 e. The highest BCUT2D eigenvalue weighted by atomic mass is 16.5. The Hall–Kier alpha value is -2.81. The van der Waals surface area contributed by atoms with Gasteiger partial charge in [-0.3, -0.25) is 9.59 Å². The van der Waals surface area contributed by atoms with Crippen LogP contribution in [-0.2, 0) is 17.8 Å². The fourth-order valence-corrected chi connectivity index (χ4v) is 3.90. The van der Waals surface area contributed by atoms with Crippen LogP contribution in [0.4, 0.5) is 5.82 Å². The molecule has 29 heavy (non-hydrogen) atoms. The zero-order valence-electron chi connectivity index (χ0n) is 16.8. The molecule has 1 fully saturated rings. The molecule has 9 nitrogen and oxygen atoms in total. The number of carbonyl (C=O) groups is 1. The minimum absolute atomic E-state index is 0.0656. The topological polar surface area (TPSA) is 102 Å². The normalized spacial score (nSPS) is 21.3. The van der Waals surface area contributed by atoms with Crippen molar-refractivity contribution in [3.05, 3.63) is 45.5 Å². The number of hydrogen-bond acceptors (Lipinski definition) is 7. The van der Waals surface area contributed by atoms with Gasteiger partial charge < -0.3 is 15.0 Å².